The van der Waals surface area contributed by atoms with Crippen molar-refractivity contribution in [3.05, 3.63) is 22.4 Å². The first-order valence-corrected chi connectivity index (χ1v) is 8.37. The van der Waals surface area contributed by atoms with Crippen LogP contribution in [0.2, 0.25) is 0 Å². The van der Waals surface area contributed by atoms with E-state index in [1.807, 2.05) is 11.3 Å². The smallest absolute Gasteiger partial charge is 0.0474 e. The minimum absolute atomic E-state index is 0.210. The molecule has 1 aromatic heterocycles. The van der Waals surface area contributed by atoms with Crippen molar-refractivity contribution >= 4 is 11.3 Å². The summed E-state index contributed by atoms with van der Waals surface area (Å²) in [6.07, 6.45) is 4.04. The molecule has 0 bridgehead atoms. The minimum Gasteiger partial charge on any atom is -0.329 e. The number of likely N-dealkylation sites (N-methyl/N-ethyl adjacent to an activating group) is 1. The van der Waals surface area contributed by atoms with Gasteiger partial charge in [-0.2, -0.15) is 0 Å². The Morgan fingerprint density at radius 1 is 1.53 bits per heavy atom. The van der Waals surface area contributed by atoms with Crippen LogP contribution in [0.25, 0.3) is 0 Å². The number of thiophene rings is 1. The second-order valence-corrected chi connectivity index (χ2v) is 7.01. The summed E-state index contributed by atoms with van der Waals surface area (Å²) >= 11 is 1.86. The molecule has 0 amide bonds. The van der Waals surface area contributed by atoms with E-state index in [1.165, 1.54) is 37.2 Å². The maximum atomic E-state index is 6.19. The predicted molar refractivity (Wildman–Crippen MR) is 81.4 cm³/mol. The topological polar surface area (TPSA) is 32.5 Å². The lowest BCUT2D eigenvalue weighted by atomic mass is 9.96. The second-order valence-electron chi connectivity index (χ2n) is 5.97. The number of nitrogens with zero attached hydrogens (tertiary/aromatic N) is 2. The van der Waals surface area contributed by atoms with E-state index >= 15 is 0 Å². The quantitative estimate of drug-likeness (QED) is 0.866. The molecule has 3 nitrogen and oxygen atoms in total. The molecule has 2 N–H and O–H groups in total. The first kappa shape index (κ1) is 13.6. The average Bonchev–Trinajstić information content (AvgIpc) is 3.00. The van der Waals surface area contributed by atoms with Gasteiger partial charge in [-0.15, -0.1) is 11.3 Å². The number of hydrogen-bond acceptors (Lipinski definition) is 4. The Bertz CT molecular complexity index is 402. The fourth-order valence-corrected chi connectivity index (χ4v) is 4.12. The highest BCUT2D eigenvalue weighted by Gasteiger charge is 2.45. The summed E-state index contributed by atoms with van der Waals surface area (Å²) < 4.78 is 0. The first-order valence-electron chi connectivity index (χ1n) is 7.49. The second kappa shape index (κ2) is 5.52. The Labute approximate surface area is 120 Å². The van der Waals surface area contributed by atoms with E-state index in [2.05, 4.69) is 34.2 Å². The highest BCUT2D eigenvalue weighted by atomic mass is 32.1. The molecule has 1 atom stereocenters. The summed E-state index contributed by atoms with van der Waals surface area (Å²) in [6.45, 7) is 7.62. The SMILES string of the molecule is CCN(Cc1cccs1)C1(CN)CCN(C2CC2)C1. The van der Waals surface area contributed by atoms with Crippen molar-refractivity contribution in [1.29, 1.82) is 0 Å². The van der Waals surface area contributed by atoms with Crippen LogP contribution >= 0.6 is 11.3 Å². The van der Waals surface area contributed by atoms with Crippen LogP contribution < -0.4 is 5.73 Å². The highest BCUT2D eigenvalue weighted by Crippen LogP contribution is 2.36. The van der Waals surface area contributed by atoms with Crippen LogP contribution in [0.1, 0.15) is 31.1 Å². The van der Waals surface area contributed by atoms with Crippen molar-refractivity contribution in [2.75, 3.05) is 26.2 Å². The zero-order chi connectivity index (χ0) is 13.3. The molecule has 2 heterocycles. The van der Waals surface area contributed by atoms with E-state index in [0.717, 1.165) is 25.7 Å². The van der Waals surface area contributed by atoms with Gasteiger partial charge >= 0.3 is 0 Å². The number of rotatable bonds is 6. The van der Waals surface area contributed by atoms with Crippen LogP contribution in [0, 0.1) is 0 Å². The van der Waals surface area contributed by atoms with Gasteiger partial charge in [-0.1, -0.05) is 13.0 Å². The molecule has 1 saturated carbocycles. The first-order chi connectivity index (χ1) is 9.27. The minimum atomic E-state index is 0.210. The van der Waals surface area contributed by atoms with Gasteiger partial charge in [0.05, 0.1) is 0 Å². The zero-order valence-corrected chi connectivity index (χ0v) is 12.7. The van der Waals surface area contributed by atoms with E-state index in [4.69, 9.17) is 5.73 Å². The van der Waals surface area contributed by atoms with Crippen molar-refractivity contribution in [2.45, 2.75) is 44.3 Å². The molecule has 4 heteroatoms. The molecular formula is C15H25N3S. The molecule has 1 unspecified atom stereocenters. The Morgan fingerprint density at radius 3 is 2.95 bits per heavy atom. The fourth-order valence-electron chi connectivity index (χ4n) is 3.40. The number of likely N-dealkylation sites (tertiary alicyclic amines) is 1. The number of hydrogen-bond donors (Lipinski definition) is 1. The Kier molecular flexibility index (Phi) is 3.94. The summed E-state index contributed by atoms with van der Waals surface area (Å²) in [5.41, 5.74) is 6.40. The Balaban J connectivity index is 1.71. The molecule has 0 radical (unpaired) electrons. The van der Waals surface area contributed by atoms with Crippen LogP contribution in [0.3, 0.4) is 0 Å². The summed E-state index contributed by atoms with van der Waals surface area (Å²) in [5.74, 6) is 0. The molecule has 3 rings (SSSR count). The normalized spacial score (nSPS) is 28.4. The Morgan fingerprint density at radius 2 is 2.37 bits per heavy atom. The lowest BCUT2D eigenvalue weighted by molar-refractivity contribution is 0.0965. The molecule has 2 fully saturated rings. The standard InChI is InChI=1S/C15H25N3S/c1-2-18(10-14-4-3-9-19-14)15(11-16)7-8-17(12-15)13-5-6-13/h3-4,9,13H,2,5-8,10-12,16H2,1H3. The van der Waals surface area contributed by atoms with Crippen molar-refractivity contribution in [3.63, 3.8) is 0 Å². The molecular weight excluding hydrogens is 254 g/mol. The van der Waals surface area contributed by atoms with Gasteiger partial charge in [-0.05, 0) is 37.3 Å². The van der Waals surface area contributed by atoms with Gasteiger partial charge in [0.25, 0.3) is 0 Å². The van der Waals surface area contributed by atoms with Gasteiger partial charge in [-0.3, -0.25) is 9.80 Å². The molecule has 19 heavy (non-hydrogen) atoms. The molecule has 2 aliphatic rings. The van der Waals surface area contributed by atoms with E-state index in [1.54, 1.807) is 0 Å². The molecule has 0 aromatic carbocycles. The van der Waals surface area contributed by atoms with Gasteiger partial charge in [0.1, 0.15) is 0 Å². The van der Waals surface area contributed by atoms with Gasteiger partial charge in [0, 0.05) is 42.6 Å². The molecule has 1 aromatic rings. The largest absolute Gasteiger partial charge is 0.329 e. The van der Waals surface area contributed by atoms with Gasteiger partial charge in [0.2, 0.25) is 0 Å². The van der Waals surface area contributed by atoms with Crippen molar-refractivity contribution < 1.29 is 0 Å². The maximum absolute atomic E-state index is 6.19. The summed E-state index contributed by atoms with van der Waals surface area (Å²) in [4.78, 5) is 6.74. The fraction of sp³-hybridized carbons (Fsp3) is 0.733. The van der Waals surface area contributed by atoms with E-state index in [0.29, 0.717) is 0 Å². The highest BCUT2D eigenvalue weighted by molar-refractivity contribution is 7.09. The lowest BCUT2D eigenvalue weighted by Crippen LogP contribution is -2.55. The average molecular weight is 279 g/mol. The summed E-state index contributed by atoms with van der Waals surface area (Å²) in [5, 5.41) is 2.17. The molecule has 1 saturated heterocycles. The third kappa shape index (κ3) is 2.72. The van der Waals surface area contributed by atoms with Gasteiger partial charge < -0.3 is 5.73 Å². The Hall–Kier alpha value is -0.420. The van der Waals surface area contributed by atoms with Crippen molar-refractivity contribution in [2.24, 2.45) is 5.73 Å². The molecule has 1 aliphatic carbocycles. The lowest BCUT2D eigenvalue weighted by Gasteiger charge is -2.40. The third-order valence-corrected chi connectivity index (χ3v) is 5.65. The van der Waals surface area contributed by atoms with E-state index in [-0.39, 0.29) is 5.54 Å². The van der Waals surface area contributed by atoms with Crippen molar-refractivity contribution in [1.82, 2.24) is 9.80 Å². The van der Waals surface area contributed by atoms with E-state index in [9.17, 15) is 0 Å². The van der Waals surface area contributed by atoms with Crippen LogP contribution in [0.15, 0.2) is 17.5 Å². The number of nitrogens with two attached hydrogens (primary N) is 1. The summed E-state index contributed by atoms with van der Waals surface area (Å²) in [7, 11) is 0. The third-order valence-electron chi connectivity index (χ3n) is 4.78. The predicted octanol–water partition coefficient (Wildman–Crippen LogP) is 2.14. The van der Waals surface area contributed by atoms with Crippen LogP contribution in [0.4, 0.5) is 0 Å². The molecule has 106 valence electrons. The molecule has 0 spiro atoms. The van der Waals surface area contributed by atoms with Gasteiger partial charge in [-0.25, -0.2) is 0 Å². The van der Waals surface area contributed by atoms with Gasteiger partial charge in [0.15, 0.2) is 0 Å². The van der Waals surface area contributed by atoms with Crippen molar-refractivity contribution in [3.8, 4) is 0 Å². The monoisotopic (exact) mass is 279 g/mol. The maximum Gasteiger partial charge on any atom is 0.0474 e. The van der Waals surface area contributed by atoms with Crippen LogP contribution in [-0.2, 0) is 6.54 Å². The van der Waals surface area contributed by atoms with Crippen LogP contribution in [-0.4, -0.2) is 47.6 Å². The summed E-state index contributed by atoms with van der Waals surface area (Å²) in [6, 6.07) is 5.26. The zero-order valence-electron chi connectivity index (χ0n) is 11.8. The molecule has 1 aliphatic heterocycles. The van der Waals surface area contributed by atoms with E-state index < -0.39 is 0 Å². The van der Waals surface area contributed by atoms with Crippen LogP contribution in [0.5, 0.6) is 0 Å².